The number of rotatable bonds is 13. The number of hydrogen-bond donors (Lipinski definition) is 6. The summed E-state index contributed by atoms with van der Waals surface area (Å²) >= 11 is 13.7. The Kier molecular flexibility index (Phi) is 10.9. The van der Waals surface area contributed by atoms with Gasteiger partial charge in [-0.3, -0.25) is 14.4 Å². The minimum absolute atomic E-state index is 0.0746. The normalized spacial score (nSPS) is 17.5. The molecule has 0 aromatic carbocycles. The zero-order chi connectivity index (χ0) is 18.9. The Balaban J connectivity index is 5.42. The van der Waals surface area contributed by atoms with Crippen LogP contribution in [0, 0.1) is 5.41 Å². The molecule has 0 aromatic rings. The summed E-state index contributed by atoms with van der Waals surface area (Å²) in [6.07, 6.45) is 1.16. The Morgan fingerprint density at radius 3 is 1.17 bits per heavy atom. The fourth-order valence-corrected chi connectivity index (χ4v) is 5.33. The van der Waals surface area contributed by atoms with Crippen molar-refractivity contribution in [3.05, 3.63) is 0 Å². The van der Waals surface area contributed by atoms with Gasteiger partial charge in [0.25, 0.3) is 0 Å². The van der Waals surface area contributed by atoms with E-state index in [0.29, 0.717) is 6.42 Å². The lowest BCUT2D eigenvalue weighted by atomic mass is 9.71. The molecule has 0 aliphatic carbocycles. The van der Waals surface area contributed by atoms with Gasteiger partial charge in [-0.1, -0.05) is 6.92 Å². The third kappa shape index (κ3) is 7.14. The fourth-order valence-electron chi connectivity index (χ4n) is 2.96. The maximum Gasteiger partial charge on any atom is 0.303 e. The summed E-state index contributed by atoms with van der Waals surface area (Å²) in [7, 11) is 0. The van der Waals surface area contributed by atoms with Crippen LogP contribution < -0.4 is 0 Å². The number of carboxylic acid groups (broad SMARTS) is 3. The van der Waals surface area contributed by atoms with Gasteiger partial charge in [-0.15, -0.1) is 0 Å². The van der Waals surface area contributed by atoms with Gasteiger partial charge in [0.2, 0.25) is 0 Å². The molecule has 6 nitrogen and oxygen atoms in total. The summed E-state index contributed by atoms with van der Waals surface area (Å²) in [6, 6.07) is 0. The Morgan fingerprint density at radius 2 is 1.00 bits per heavy atom. The van der Waals surface area contributed by atoms with Gasteiger partial charge in [-0.25, -0.2) is 0 Å². The lowest BCUT2D eigenvalue weighted by Gasteiger charge is -2.46. The van der Waals surface area contributed by atoms with E-state index in [4.69, 9.17) is 15.3 Å². The molecule has 0 radical (unpaired) electrons. The lowest BCUT2D eigenvalue weighted by molar-refractivity contribution is -0.138. The standard InChI is InChI=1S/C15H26O6S3/c1-2-15(9(22)3-6-12(16)17,10(23)4-7-13(18)19)11(24)5-8-14(20)21/h9-11,22-24H,2-8H2,1H3,(H,16,17)(H,18,19)(H,20,21). The van der Waals surface area contributed by atoms with Gasteiger partial charge in [-0.2, -0.15) is 37.9 Å². The van der Waals surface area contributed by atoms with Crippen LogP contribution in [0.3, 0.4) is 0 Å². The predicted octanol–water partition coefficient (Wildman–Crippen LogP) is 2.87. The molecule has 3 atom stereocenters. The summed E-state index contributed by atoms with van der Waals surface area (Å²) in [5.74, 6) is -2.83. The van der Waals surface area contributed by atoms with Crippen molar-refractivity contribution < 1.29 is 29.7 Å². The van der Waals surface area contributed by atoms with Crippen LogP contribution in [-0.4, -0.2) is 49.0 Å². The molecule has 140 valence electrons. The largest absolute Gasteiger partial charge is 0.481 e. The molecule has 0 aliphatic rings. The molecule has 0 fully saturated rings. The second kappa shape index (κ2) is 11.1. The van der Waals surface area contributed by atoms with Gasteiger partial charge in [0, 0.05) is 40.4 Å². The molecule has 0 aliphatic heterocycles. The van der Waals surface area contributed by atoms with Crippen LogP contribution in [0.2, 0.25) is 0 Å². The quantitative estimate of drug-likeness (QED) is 0.266. The highest BCUT2D eigenvalue weighted by atomic mass is 32.1. The Bertz CT molecular complexity index is 383. The molecule has 24 heavy (non-hydrogen) atoms. The van der Waals surface area contributed by atoms with Crippen LogP contribution in [0.25, 0.3) is 0 Å². The molecule has 0 saturated carbocycles. The summed E-state index contributed by atoms with van der Waals surface area (Å²) in [5.41, 5.74) is -0.671. The SMILES string of the molecule is CCC(C(S)CCC(=O)O)(C(S)CCC(=O)O)C(S)CCC(=O)O. The van der Waals surface area contributed by atoms with Crippen molar-refractivity contribution in [2.45, 2.75) is 67.6 Å². The van der Waals surface area contributed by atoms with Gasteiger partial charge < -0.3 is 15.3 Å². The molecule has 0 heterocycles. The number of carboxylic acids is 3. The van der Waals surface area contributed by atoms with Crippen molar-refractivity contribution in [1.29, 1.82) is 0 Å². The Hall–Kier alpha value is -0.540. The molecule has 0 spiro atoms. The zero-order valence-corrected chi connectivity index (χ0v) is 16.3. The first-order valence-electron chi connectivity index (χ1n) is 7.77. The first-order valence-corrected chi connectivity index (χ1v) is 9.32. The van der Waals surface area contributed by atoms with Crippen LogP contribution in [0.1, 0.15) is 51.9 Å². The highest BCUT2D eigenvalue weighted by molar-refractivity contribution is 7.83. The molecule has 3 N–H and O–H groups in total. The highest BCUT2D eigenvalue weighted by Gasteiger charge is 2.45. The molecule has 0 bridgehead atoms. The Morgan fingerprint density at radius 1 is 0.750 bits per heavy atom. The molecular weight excluding hydrogens is 372 g/mol. The average Bonchev–Trinajstić information content (AvgIpc) is 2.49. The average molecular weight is 399 g/mol. The van der Waals surface area contributed by atoms with E-state index in [9.17, 15) is 14.4 Å². The van der Waals surface area contributed by atoms with E-state index in [0.717, 1.165) is 0 Å². The van der Waals surface area contributed by atoms with Crippen molar-refractivity contribution in [1.82, 2.24) is 0 Å². The van der Waals surface area contributed by atoms with Crippen LogP contribution in [0.15, 0.2) is 0 Å². The monoisotopic (exact) mass is 398 g/mol. The number of hydrogen-bond acceptors (Lipinski definition) is 6. The molecular formula is C15H26O6S3. The fraction of sp³-hybridized carbons (Fsp3) is 0.800. The second-order valence-electron chi connectivity index (χ2n) is 5.81. The van der Waals surface area contributed by atoms with Crippen molar-refractivity contribution in [2.75, 3.05) is 0 Å². The van der Waals surface area contributed by atoms with E-state index in [1.165, 1.54) is 0 Å². The van der Waals surface area contributed by atoms with Crippen molar-refractivity contribution in [3.63, 3.8) is 0 Å². The first-order chi connectivity index (χ1) is 11.1. The van der Waals surface area contributed by atoms with Gasteiger partial charge in [0.05, 0.1) is 0 Å². The zero-order valence-electron chi connectivity index (χ0n) is 13.6. The number of aliphatic carboxylic acids is 3. The van der Waals surface area contributed by atoms with E-state index < -0.39 is 23.3 Å². The highest BCUT2D eigenvalue weighted by Crippen LogP contribution is 2.47. The van der Waals surface area contributed by atoms with Crippen LogP contribution in [0.4, 0.5) is 0 Å². The van der Waals surface area contributed by atoms with Gasteiger partial charge >= 0.3 is 17.9 Å². The number of carbonyl (C=O) groups is 3. The first kappa shape index (κ1) is 23.5. The molecule has 0 aromatic heterocycles. The molecule has 0 saturated heterocycles. The summed E-state index contributed by atoms with van der Waals surface area (Å²) in [6.45, 7) is 1.89. The van der Waals surface area contributed by atoms with E-state index in [1.54, 1.807) is 0 Å². The smallest absolute Gasteiger partial charge is 0.303 e. The molecule has 3 unspecified atom stereocenters. The van der Waals surface area contributed by atoms with Gasteiger partial charge in [-0.05, 0) is 25.7 Å². The molecule has 0 amide bonds. The van der Waals surface area contributed by atoms with Crippen LogP contribution >= 0.6 is 37.9 Å². The number of thiol groups is 3. The lowest BCUT2D eigenvalue weighted by Crippen LogP contribution is -2.48. The minimum atomic E-state index is -0.943. The second-order valence-corrected chi connectivity index (χ2v) is 7.68. The van der Waals surface area contributed by atoms with Gasteiger partial charge in [0.1, 0.15) is 0 Å². The van der Waals surface area contributed by atoms with Crippen molar-refractivity contribution >= 4 is 55.8 Å². The van der Waals surface area contributed by atoms with Crippen molar-refractivity contribution in [3.8, 4) is 0 Å². The summed E-state index contributed by atoms with van der Waals surface area (Å²) < 4.78 is 0. The van der Waals surface area contributed by atoms with Gasteiger partial charge in [0.15, 0.2) is 0 Å². The van der Waals surface area contributed by atoms with Crippen LogP contribution in [0.5, 0.6) is 0 Å². The van der Waals surface area contributed by atoms with E-state index >= 15 is 0 Å². The van der Waals surface area contributed by atoms with E-state index in [2.05, 4.69) is 37.9 Å². The third-order valence-electron chi connectivity index (χ3n) is 4.37. The van der Waals surface area contributed by atoms with E-state index in [-0.39, 0.29) is 54.3 Å². The molecule has 9 heteroatoms. The Labute approximate surface area is 158 Å². The van der Waals surface area contributed by atoms with E-state index in [1.807, 2.05) is 6.92 Å². The van der Waals surface area contributed by atoms with Crippen LogP contribution in [-0.2, 0) is 14.4 Å². The molecule has 0 rings (SSSR count). The topological polar surface area (TPSA) is 112 Å². The summed E-state index contributed by atoms with van der Waals surface area (Å²) in [5, 5.41) is 25.6. The predicted molar refractivity (Wildman–Crippen MR) is 102 cm³/mol. The summed E-state index contributed by atoms with van der Waals surface area (Å²) in [4.78, 5) is 32.6. The third-order valence-corrected chi connectivity index (χ3v) is 6.59. The minimum Gasteiger partial charge on any atom is -0.481 e. The maximum absolute atomic E-state index is 10.9. The maximum atomic E-state index is 10.9. The van der Waals surface area contributed by atoms with Crippen molar-refractivity contribution in [2.24, 2.45) is 5.41 Å².